The fourth-order valence-electron chi connectivity index (χ4n) is 0.965. The molecule has 0 bridgehead atoms. The first-order valence-electron chi connectivity index (χ1n) is 4.40. The van der Waals surface area contributed by atoms with Crippen LogP contribution in [0.15, 0.2) is 22.7 Å². The highest BCUT2D eigenvalue weighted by Gasteiger charge is 2.16. The third-order valence-electron chi connectivity index (χ3n) is 1.76. The van der Waals surface area contributed by atoms with Crippen molar-refractivity contribution < 1.29 is 13.6 Å². The van der Waals surface area contributed by atoms with Crippen LogP contribution in [0, 0.1) is 0 Å². The third kappa shape index (κ3) is 3.21. The number of rotatable bonds is 5. The van der Waals surface area contributed by atoms with Crippen LogP contribution in [0.2, 0.25) is 0 Å². The molecule has 0 aromatic carbocycles. The van der Waals surface area contributed by atoms with E-state index in [4.69, 9.17) is 10.9 Å². The molecule has 8 nitrogen and oxygen atoms in total. The number of imidazole rings is 1. The van der Waals surface area contributed by atoms with Crippen molar-refractivity contribution in [2.24, 2.45) is 17.9 Å². The Hall–Kier alpha value is -1.61. The maximum absolute atomic E-state index is 11.6. The van der Waals surface area contributed by atoms with Crippen LogP contribution < -0.4 is 10.5 Å². The quantitative estimate of drug-likeness (QED) is 0.262. The van der Waals surface area contributed by atoms with Gasteiger partial charge in [0.15, 0.2) is 5.03 Å². The summed E-state index contributed by atoms with van der Waals surface area (Å²) in [6.07, 6.45) is 2.90. The molecule has 1 aromatic heterocycles. The molecule has 0 spiro atoms. The van der Waals surface area contributed by atoms with Gasteiger partial charge in [0.25, 0.3) is 10.0 Å². The zero-order valence-electron chi connectivity index (χ0n) is 8.66. The molecular formula is C7H13N5O3S. The molecule has 0 unspecified atom stereocenters. The minimum Gasteiger partial charge on any atom is -0.409 e. The normalized spacial score (nSPS) is 12.9. The largest absolute Gasteiger partial charge is 0.409 e. The van der Waals surface area contributed by atoms with E-state index >= 15 is 0 Å². The number of aryl methyl sites for hydroxylation is 1. The Bertz CT molecular complexity index is 478. The molecular weight excluding hydrogens is 234 g/mol. The number of amidine groups is 1. The molecule has 0 aliphatic rings. The van der Waals surface area contributed by atoms with Crippen molar-refractivity contribution in [3.05, 3.63) is 12.5 Å². The average molecular weight is 247 g/mol. The Labute approximate surface area is 92.8 Å². The minimum atomic E-state index is -3.62. The summed E-state index contributed by atoms with van der Waals surface area (Å²) in [7, 11) is -1.95. The highest BCUT2D eigenvalue weighted by atomic mass is 32.2. The van der Waals surface area contributed by atoms with Crippen LogP contribution in [0.1, 0.15) is 6.42 Å². The van der Waals surface area contributed by atoms with E-state index in [0.717, 1.165) is 0 Å². The van der Waals surface area contributed by atoms with E-state index in [1.165, 1.54) is 17.1 Å². The van der Waals surface area contributed by atoms with Gasteiger partial charge in [0.1, 0.15) is 5.84 Å². The fourth-order valence-corrected chi connectivity index (χ4v) is 1.97. The van der Waals surface area contributed by atoms with Gasteiger partial charge in [-0.3, -0.25) is 0 Å². The van der Waals surface area contributed by atoms with Gasteiger partial charge in [0.2, 0.25) is 0 Å². The maximum atomic E-state index is 11.6. The second-order valence-corrected chi connectivity index (χ2v) is 4.83. The SMILES string of the molecule is Cn1cnc(S(=O)(=O)NCCC(N)=NO)c1. The molecule has 0 saturated carbocycles. The van der Waals surface area contributed by atoms with E-state index in [-0.39, 0.29) is 23.8 Å². The van der Waals surface area contributed by atoms with Crippen LogP contribution in [0.4, 0.5) is 0 Å². The number of sulfonamides is 1. The number of nitrogens with two attached hydrogens (primary N) is 1. The summed E-state index contributed by atoms with van der Waals surface area (Å²) in [5.74, 6) is -0.0382. The van der Waals surface area contributed by atoms with Gasteiger partial charge in [-0.1, -0.05) is 5.16 Å². The van der Waals surface area contributed by atoms with Crippen LogP contribution in [-0.2, 0) is 17.1 Å². The first-order valence-corrected chi connectivity index (χ1v) is 5.88. The molecule has 0 atom stereocenters. The highest BCUT2D eigenvalue weighted by molar-refractivity contribution is 7.89. The number of nitrogens with one attached hydrogen (secondary N) is 1. The van der Waals surface area contributed by atoms with Gasteiger partial charge in [-0.05, 0) is 0 Å². The van der Waals surface area contributed by atoms with Crippen molar-refractivity contribution in [3.63, 3.8) is 0 Å². The predicted octanol–water partition coefficient (Wildman–Crippen LogP) is -1.17. The lowest BCUT2D eigenvalue weighted by molar-refractivity contribution is 0.317. The molecule has 0 amide bonds. The van der Waals surface area contributed by atoms with Gasteiger partial charge >= 0.3 is 0 Å². The Morgan fingerprint density at radius 2 is 2.44 bits per heavy atom. The Morgan fingerprint density at radius 3 is 2.94 bits per heavy atom. The monoisotopic (exact) mass is 247 g/mol. The molecule has 1 aromatic rings. The lowest BCUT2D eigenvalue weighted by atomic mass is 10.4. The maximum Gasteiger partial charge on any atom is 0.259 e. The van der Waals surface area contributed by atoms with E-state index < -0.39 is 10.0 Å². The molecule has 0 fully saturated rings. The number of hydrogen-bond donors (Lipinski definition) is 3. The van der Waals surface area contributed by atoms with Crippen LogP contribution in [-0.4, -0.2) is 35.6 Å². The predicted molar refractivity (Wildman–Crippen MR) is 56.4 cm³/mol. The Balaban J connectivity index is 2.60. The van der Waals surface area contributed by atoms with Crippen molar-refractivity contribution >= 4 is 15.9 Å². The van der Waals surface area contributed by atoms with Gasteiger partial charge in [-0.15, -0.1) is 0 Å². The summed E-state index contributed by atoms with van der Waals surface area (Å²) in [5, 5.41) is 10.9. The van der Waals surface area contributed by atoms with Crippen LogP contribution in [0.3, 0.4) is 0 Å². The van der Waals surface area contributed by atoms with E-state index in [1.807, 2.05) is 0 Å². The summed E-state index contributed by atoms with van der Waals surface area (Å²) < 4.78 is 27.0. The summed E-state index contributed by atoms with van der Waals surface area (Å²) in [6, 6.07) is 0. The molecule has 9 heteroatoms. The number of nitrogens with zero attached hydrogens (tertiary/aromatic N) is 3. The second-order valence-electron chi connectivity index (χ2n) is 3.12. The average Bonchev–Trinajstić information content (AvgIpc) is 2.65. The van der Waals surface area contributed by atoms with Crippen molar-refractivity contribution in [2.45, 2.75) is 11.4 Å². The van der Waals surface area contributed by atoms with Crippen molar-refractivity contribution in [2.75, 3.05) is 6.54 Å². The van der Waals surface area contributed by atoms with Gasteiger partial charge in [0.05, 0.1) is 6.33 Å². The molecule has 1 rings (SSSR count). The standard InChI is InChI=1S/C7H13N5O3S/c1-12-4-7(9-5-12)16(14,15)10-3-2-6(8)11-13/h4-5,10,13H,2-3H2,1H3,(H2,8,11). The third-order valence-corrected chi connectivity index (χ3v) is 3.10. The van der Waals surface area contributed by atoms with Crippen LogP contribution >= 0.6 is 0 Å². The molecule has 0 radical (unpaired) electrons. The molecule has 0 saturated heterocycles. The van der Waals surface area contributed by atoms with E-state index in [0.29, 0.717) is 0 Å². The topological polar surface area (TPSA) is 123 Å². The lowest BCUT2D eigenvalue weighted by Gasteiger charge is -2.02. The van der Waals surface area contributed by atoms with Crippen molar-refractivity contribution in [1.29, 1.82) is 0 Å². The van der Waals surface area contributed by atoms with Gasteiger partial charge in [-0.2, -0.15) is 0 Å². The Kier molecular flexibility index (Phi) is 3.85. The second kappa shape index (κ2) is 4.94. The summed E-state index contributed by atoms with van der Waals surface area (Å²) >= 11 is 0. The van der Waals surface area contributed by atoms with E-state index in [1.54, 1.807) is 7.05 Å². The zero-order chi connectivity index (χ0) is 12.2. The van der Waals surface area contributed by atoms with Gasteiger partial charge < -0.3 is 15.5 Å². The molecule has 90 valence electrons. The number of oxime groups is 1. The van der Waals surface area contributed by atoms with Crippen LogP contribution in [0.5, 0.6) is 0 Å². The van der Waals surface area contributed by atoms with Crippen molar-refractivity contribution in [1.82, 2.24) is 14.3 Å². The molecule has 16 heavy (non-hydrogen) atoms. The van der Waals surface area contributed by atoms with E-state index in [9.17, 15) is 8.42 Å². The summed E-state index contributed by atoms with van der Waals surface area (Å²) in [5.41, 5.74) is 5.19. The van der Waals surface area contributed by atoms with Gasteiger partial charge in [-0.25, -0.2) is 18.1 Å². The summed E-state index contributed by atoms with van der Waals surface area (Å²) in [6.45, 7) is 0.0504. The molecule has 4 N–H and O–H groups in total. The lowest BCUT2D eigenvalue weighted by Crippen LogP contribution is -2.28. The first-order chi connectivity index (χ1) is 7.45. The number of hydrogen-bond acceptors (Lipinski definition) is 5. The molecule has 0 aliphatic heterocycles. The van der Waals surface area contributed by atoms with E-state index in [2.05, 4.69) is 14.9 Å². The minimum absolute atomic E-state index is 0.0382. The molecule has 1 heterocycles. The first kappa shape index (κ1) is 12.5. The smallest absolute Gasteiger partial charge is 0.259 e. The highest BCUT2D eigenvalue weighted by Crippen LogP contribution is 2.03. The summed E-state index contributed by atoms with van der Waals surface area (Å²) in [4.78, 5) is 3.71. The zero-order valence-corrected chi connectivity index (χ0v) is 9.48. The van der Waals surface area contributed by atoms with Gasteiger partial charge in [0, 0.05) is 26.2 Å². The fraction of sp³-hybridized carbons (Fsp3) is 0.429. The Morgan fingerprint density at radius 1 is 1.75 bits per heavy atom. The van der Waals surface area contributed by atoms with Crippen LogP contribution in [0.25, 0.3) is 0 Å². The molecule has 0 aliphatic carbocycles. The van der Waals surface area contributed by atoms with Crippen molar-refractivity contribution in [3.8, 4) is 0 Å². The number of aromatic nitrogens is 2.